The Labute approximate surface area is 182 Å². The molecule has 1 heterocycles. The third-order valence-corrected chi connectivity index (χ3v) is 5.80. The molecule has 1 atom stereocenters. The fourth-order valence-corrected chi connectivity index (χ4v) is 4.17. The van der Waals surface area contributed by atoms with E-state index < -0.39 is 0 Å². The van der Waals surface area contributed by atoms with E-state index >= 15 is 0 Å². The molecule has 162 valence electrons. The molecule has 5 heteroatoms. The fourth-order valence-electron chi connectivity index (χ4n) is 4.17. The highest BCUT2D eigenvalue weighted by atomic mass is 19.1. The molecule has 0 saturated carbocycles. The van der Waals surface area contributed by atoms with Crippen LogP contribution in [0.25, 0.3) is 0 Å². The van der Waals surface area contributed by atoms with Crippen molar-refractivity contribution in [2.75, 3.05) is 26.2 Å². The molecular formula is C26H28F2N2O. The van der Waals surface area contributed by atoms with Crippen molar-refractivity contribution in [3.8, 4) is 5.75 Å². The molecule has 0 spiro atoms. The summed E-state index contributed by atoms with van der Waals surface area (Å²) in [7, 11) is 0. The Hall–Kier alpha value is -2.76. The summed E-state index contributed by atoms with van der Waals surface area (Å²) in [5, 5.41) is 3.34. The van der Waals surface area contributed by atoms with E-state index in [4.69, 9.17) is 4.74 Å². The summed E-state index contributed by atoms with van der Waals surface area (Å²) in [4.78, 5) is 2.44. The molecule has 3 nitrogen and oxygen atoms in total. The quantitative estimate of drug-likeness (QED) is 0.484. The predicted molar refractivity (Wildman–Crippen MR) is 119 cm³/mol. The SMILES string of the molecule is Fc1cccc(OC[C@@H]2c3ccccc3CCN2CCCNCc2ccccc2F)c1. The Bertz CT molecular complexity index is 994. The van der Waals surface area contributed by atoms with E-state index in [1.165, 1.54) is 29.3 Å². The van der Waals surface area contributed by atoms with Gasteiger partial charge in [-0.2, -0.15) is 0 Å². The van der Waals surface area contributed by atoms with Crippen LogP contribution in [0.15, 0.2) is 72.8 Å². The minimum atomic E-state index is -0.292. The Balaban J connectivity index is 1.34. The molecule has 1 aliphatic rings. The van der Waals surface area contributed by atoms with Gasteiger partial charge in [0.2, 0.25) is 0 Å². The van der Waals surface area contributed by atoms with Gasteiger partial charge in [0.05, 0.1) is 6.04 Å². The maximum absolute atomic E-state index is 13.7. The highest BCUT2D eigenvalue weighted by molar-refractivity contribution is 5.33. The zero-order valence-electron chi connectivity index (χ0n) is 17.6. The van der Waals surface area contributed by atoms with E-state index in [-0.39, 0.29) is 17.7 Å². The van der Waals surface area contributed by atoms with Crippen LogP contribution in [0.2, 0.25) is 0 Å². The van der Waals surface area contributed by atoms with Crippen LogP contribution in [0, 0.1) is 11.6 Å². The molecule has 0 unspecified atom stereocenters. The van der Waals surface area contributed by atoms with Gasteiger partial charge in [0.25, 0.3) is 0 Å². The fraction of sp³-hybridized carbons (Fsp3) is 0.308. The predicted octanol–water partition coefficient (Wildman–Crippen LogP) is 5.12. The van der Waals surface area contributed by atoms with Gasteiger partial charge in [-0.15, -0.1) is 0 Å². The van der Waals surface area contributed by atoms with Crippen LogP contribution in [-0.2, 0) is 13.0 Å². The summed E-state index contributed by atoms with van der Waals surface area (Å²) in [6.07, 6.45) is 1.96. The third kappa shape index (κ3) is 5.69. The summed E-state index contributed by atoms with van der Waals surface area (Å²) < 4.78 is 33.2. The van der Waals surface area contributed by atoms with Gasteiger partial charge in [0.1, 0.15) is 24.0 Å². The molecule has 0 saturated heterocycles. The lowest BCUT2D eigenvalue weighted by molar-refractivity contribution is 0.124. The summed E-state index contributed by atoms with van der Waals surface area (Å²) in [5.74, 6) is 0.0890. The number of halogens is 2. The molecular weight excluding hydrogens is 394 g/mol. The van der Waals surface area contributed by atoms with Crippen LogP contribution in [0.4, 0.5) is 8.78 Å². The summed E-state index contributed by atoms with van der Waals surface area (Å²) in [6.45, 7) is 3.69. The van der Waals surface area contributed by atoms with Crippen LogP contribution in [0.5, 0.6) is 5.75 Å². The average Bonchev–Trinajstić information content (AvgIpc) is 2.79. The Kier molecular flexibility index (Phi) is 7.28. The maximum atomic E-state index is 13.7. The average molecular weight is 423 g/mol. The largest absolute Gasteiger partial charge is 0.491 e. The second-order valence-electron chi connectivity index (χ2n) is 7.89. The number of hydrogen-bond acceptors (Lipinski definition) is 3. The molecule has 0 radical (unpaired) electrons. The first-order valence-electron chi connectivity index (χ1n) is 10.8. The van der Waals surface area contributed by atoms with Gasteiger partial charge in [-0.3, -0.25) is 4.90 Å². The van der Waals surface area contributed by atoms with Crippen molar-refractivity contribution >= 4 is 0 Å². The van der Waals surface area contributed by atoms with Crippen LogP contribution >= 0.6 is 0 Å². The van der Waals surface area contributed by atoms with Gasteiger partial charge in [-0.1, -0.05) is 48.5 Å². The minimum Gasteiger partial charge on any atom is -0.491 e. The molecule has 4 rings (SSSR count). The lowest BCUT2D eigenvalue weighted by Gasteiger charge is -2.37. The number of hydrogen-bond donors (Lipinski definition) is 1. The smallest absolute Gasteiger partial charge is 0.127 e. The van der Waals surface area contributed by atoms with E-state index in [9.17, 15) is 8.78 Å². The highest BCUT2D eigenvalue weighted by Gasteiger charge is 2.27. The summed E-state index contributed by atoms with van der Waals surface area (Å²) in [5.41, 5.74) is 3.32. The van der Waals surface area contributed by atoms with Crippen molar-refractivity contribution in [2.24, 2.45) is 0 Å². The van der Waals surface area contributed by atoms with Crippen molar-refractivity contribution in [1.82, 2.24) is 10.2 Å². The topological polar surface area (TPSA) is 24.5 Å². The molecule has 1 N–H and O–H groups in total. The minimum absolute atomic E-state index is 0.125. The second kappa shape index (κ2) is 10.5. The van der Waals surface area contributed by atoms with Gasteiger partial charge < -0.3 is 10.1 Å². The normalized spacial score (nSPS) is 16.1. The van der Waals surface area contributed by atoms with Crippen LogP contribution in [0.1, 0.15) is 29.2 Å². The van der Waals surface area contributed by atoms with E-state index in [1.54, 1.807) is 18.2 Å². The lowest BCUT2D eigenvalue weighted by Crippen LogP contribution is -2.39. The Morgan fingerprint density at radius 1 is 0.968 bits per heavy atom. The number of nitrogens with one attached hydrogen (secondary N) is 1. The number of rotatable bonds is 9. The molecule has 0 aliphatic carbocycles. The summed E-state index contributed by atoms with van der Waals surface area (Å²) in [6, 6.07) is 21.8. The third-order valence-electron chi connectivity index (χ3n) is 5.80. The molecule has 0 bridgehead atoms. The van der Waals surface area contributed by atoms with Crippen molar-refractivity contribution in [1.29, 1.82) is 0 Å². The van der Waals surface area contributed by atoms with Gasteiger partial charge >= 0.3 is 0 Å². The van der Waals surface area contributed by atoms with Crippen molar-refractivity contribution in [3.05, 3.63) is 101 Å². The zero-order valence-corrected chi connectivity index (χ0v) is 17.6. The van der Waals surface area contributed by atoms with Crippen molar-refractivity contribution in [2.45, 2.75) is 25.4 Å². The Morgan fingerprint density at radius 2 is 1.81 bits per heavy atom. The molecule has 0 amide bonds. The van der Waals surface area contributed by atoms with Crippen molar-refractivity contribution in [3.63, 3.8) is 0 Å². The molecule has 0 fully saturated rings. The van der Waals surface area contributed by atoms with Gasteiger partial charge in [-0.25, -0.2) is 8.78 Å². The maximum Gasteiger partial charge on any atom is 0.127 e. The standard InChI is InChI=1S/C26H28F2N2O/c27-22-9-5-10-23(17-22)31-19-26-24-11-3-1-7-20(24)13-16-30(26)15-6-14-29-18-21-8-2-4-12-25(21)28/h1-5,7-12,17,26,29H,6,13-16,18-19H2/t26-/m1/s1. The lowest BCUT2D eigenvalue weighted by atomic mass is 9.93. The first kappa shape index (κ1) is 21.5. The van der Waals surface area contributed by atoms with Crippen LogP contribution < -0.4 is 10.1 Å². The van der Waals surface area contributed by atoms with E-state index in [0.717, 1.165) is 32.5 Å². The van der Waals surface area contributed by atoms with E-state index in [2.05, 4.69) is 34.5 Å². The van der Waals surface area contributed by atoms with E-state index in [0.29, 0.717) is 24.5 Å². The number of fused-ring (bicyclic) bond motifs is 1. The summed E-state index contributed by atoms with van der Waals surface area (Å²) >= 11 is 0. The molecule has 3 aromatic carbocycles. The van der Waals surface area contributed by atoms with Crippen molar-refractivity contribution < 1.29 is 13.5 Å². The number of benzene rings is 3. The first-order chi connectivity index (χ1) is 15.2. The number of ether oxygens (including phenoxy) is 1. The Morgan fingerprint density at radius 3 is 2.68 bits per heavy atom. The highest BCUT2D eigenvalue weighted by Crippen LogP contribution is 2.30. The monoisotopic (exact) mass is 422 g/mol. The van der Waals surface area contributed by atoms with E-state index in [1.807, 2.05) is 12.1 Å². The van der Waals surface area contributed by atoms with Gasteiger partial charge in [-0.05, 0) is 48.7 Å². The van der Waals surface area contributed by atoms with Gasteiger partial charge in [0.15, 0.2) is 0 Å². The van der Waals surface area contributed by atoms with Crippen LogP contribution in [-0.4, -0.2) is 31.1 Å². The number of nitrogens with zero attached hydrogens (tertiary/aromatic N) is 1. The second-order valence-corrected chi connectivity index (χ2v) is 7.89. The molecule has 3 aromatic rings. The van der Waals surface area contributed by atoms with Crippen LogP contribution in [0.3, 0.4) is 0 Å². The molecule has 0 aromatic heterocycles. The van der Waals surface area contributed by atoms with Gasteiger partial charge in [0, 0.05) is 31.3 Å². The molecule has 1 aliphatic heterocycles. The zero-order chi connectivity index (χ0) is 21.5. The molecule has 31 heavy (non-hydrogen) atoms. The first-order valence-corrected chi connectivity index (χ1v) is 10.8.